The number of amides is 3. The van der Waals surface area contributed by atoms with Crippen LogP contribution in [0.5, 0.6) is 5.75 Å². The minimum Gasteiger partial charge on any atom is -0.494 e. The minimum atomic E-state index is -0.499. The highest BCUT2D eigenvalue weighted by molar-refractivity contribution is 6.00. The van der Waals surface area contributed by atoms with Crippen LogP contribution in [0.25, 0.3) is 0 Å². The van der Waals surface area contributed by atoms with Crippen molar-refractivity contribution in [1.82, 2.24) is 20.0 Å². The standard InChI is InChI=1S/C25H30FN5O3/c1-4-34-20-11-9-19(10-12-20)29-13-16(2)14-30-21-22(27-24(29)30)28(3)25(33)31(23(21)32)15-17-5-7-18(26)8-6-17/h5-12,16,21-22,24,27H,4,13-15H2,1-3H3. The lowest BCUT2D eigenvalue weighted by molar-refractivity contribution is -0.139. The van der Waals surface area contributed by atoms with Gasteiger partial charge < -0.3 is 14.5 Å². The van der Waals surface area contributed by atoms with Crippen molar-refractivity contribution < 1.29 is 18.7 Å². The molecule has 8 nitrogen and oxygen atoms in total. The van der Waals surface area contributed by atoms with Gasteiger partial charge in [-0.2, -0.15) is 0 Å². The van der Waals surface area contributed by atoms with E-state index in [0.717, 1.165) is 24.5 Å². The molecule has 34 heavy (non-hydrogen) atoms. The maximum atomic E-state index is 13.6. The second kappa shape index (κ2) is 8.88. The number of rotatable bonds is 5. The van der Waals surface area contributed by atoms with Crippen LogP contribution in [0.3, 0.4) is 0 Å². The van der Waals surface area contributed by atoms with Gasteiger partial charge in [-0.05, 0) is 54.8 Å². The minimum absolute atomic E-state index is 0.113. The fourth-order valence-corrected chi connectivity index (χ4v) is 5.24. The molecule has 3 aliphatic heterocycles. The van der Waals surface area contributed by atoms with E-state index in [4.69, 9.17) is 4.74 Å². The Hall–Kier alpha value is -3.17. The predicted octanol–water partition coefficient (Wildman–Crippen LogP) is 2.66. The maximum absolute atomic E-state index is 13.6. The Bertz CT molecular complexity index is 1060. The summed E-state index contributed by atoms with van der Waals surface area (Å²) in [7, 11) is 1.72. The number of halogens is 1. The van der Waals surface area contributed by atoms with Crippen molar-refractivity contribution in [2.75, 3.05) is 31.6 Å². The topological polar surface area (TPSA) is 68.4 Å². The van der Waals surface area contributed by atoms with Gasteiger partial charge in [0.25, 0.3) is 5.91 Å². The highest BCUT2D eigenvalue weighted by atomic mass is 19.1. The lowest BCUT2D eigenvalue weighted by atomic mass is 10.0. The molecule has 3 fully saturated rings. The molecule has 5 rings (SSSR count). The number of nitrogens with zero attached hydrogens (tertiary/aromatic N) is 4. The summed E-state index contributed by atoms with van der Waals surface area (Å²) in [5.74, 6) is 0.563. The summed E-state index contributed by atoms with van der Waals surface area (Å²) >= 11 is 0. The molecular weight excluding hydrogens is 437 g/mol. The molecule has 3 heterocycles. The number of fused-ring (bicyclic) bond motifs is 3. The van der Waals surface area contributed by atoms with Crippen LogP contribution in [-0.4, -0.2) is 71.9 Å². The summed E-state index contributed by atoms with van der Waals surface area (Å²) in [6, 6.07) is 13.0. The van der Waals surface area contributed by atoms with E-state index in [-0.39, 0.29) is 30.6 Å². The van der Waals surface area contributed by atoms with Crippen LogP contribution < -0.4 is 15.0 Å². The molecule has 2 aromatic carbocycles. The second-order valence-electron chi connectivity index (χ2n) is 9.26. The van der Waals surface area contributed by atoms with Crippen molar-refractivity contribution in [2.45, 2.75) is 38.9 Å². The first-order chi connectivity index (χ1) is 16.4. The molecule has 9 heteroatoms. The van der Waals surface area contributed by atoms with Gasteiger partial charge in [0.05, 0.1) is 13.2 Å². The van der Waals surface area contributed by atoms with Gasteiger partial charge in [0.1, 0.15) is 30.1 Å². The summed E-state index contributed by atoms with van der Waals surface area (Å²) in [4.78, 5) is 34.1. The van der Waals surface area contributed by atoms with Crippen LogP contribution in [0.15, 0.2) is 48.5 Å². The van der Waals surface area contributed by atoms with Crippen LogP contribution in [0, 0.1) is 11.7 Å². The first-order valence-corrected chi connectivity index (χ1v) is 11.7. The number of urea groups is 1. The molecule has 0 spiro atoms. The van der Waals surface area contributed by atoms with Gasteiger partial charge in [0.15, 0.2) is 0 Å². The van der Waals surface area contributed by atoms with Crippen molar-refractivity contribution in [3.05, 3.63) is 59.9 Å². The first-order valence-electron chi connectivity index (χ1n) is 11.7. The summed E-state index contributed by atoms with van der Waals surface area (Å²) < 4.78 is 18.9. The van der Waals surface area contributed by atoms with Crippen molar-refractivity contribution in [1.29, 1.82) is 0 Å². The van der Waals surface area contributed by atoms with E-state index in [1.165, 1.54) is 17.0 Å². The number of nitrogens with one attached hydrogen (secondary N) is 1. The zero-order valence-electron chi connectivity index (χ0n) is 19.6. The Balaban J connectivity index is 1.42. The largest absolute Gasteiger partial charge is 0.494 e. The van der Waals surface area contributed by atoms with E-state index in [9.17, 15) is 14.0 Å². The number of anilines is 1. The van der Waals surface area contributed by atoms with E-state index >= 15 is 0 Å². The molecule has 0 aromatic heterocycles. The number of hydrogen-bond acceptors (Lipinski definition) is 6. The third-order valence-corrected chi connectivity index (χ3v) is 6.82. The van der Waals surface area contributed by atoms with Gasteiger partial charge in [-0.1, -0.05) is 19.1 Å². The quantitative estimate of drug-likeness (QED) is 0.729. The van der Waals surface area contributed by atoms with Crippen molar-refractivity contribution in [3.8, 4) is 5.75 Å². The third kappa shape index (κ3) is 3.88. The lowest BCUT2D eigenvalue weighted by Gasteiger charge is -2.46. The summed E-state index contributed by atoms with van der Waals surface area (Å²) in [6.45, 7) is 6.41. The SMILES string of the molecule is CCOc1ccc(N2CC(C)CN3C4C(=O)N(Cc5ccc(F)cc5)C(=O)N(C)C4NC23)cc1. The molecule has 0 aliphatic carbocycles. The molecule has 0 saturated carbocycles. The van der Waals surface area contributed by atoms with Crippen LogP contribution >= 0.6 is 0 Å². The van der Waals surface area contributed by atoms with Gasteiger partial charge in [-0.25, -0.2) is 9.18 Å². The predicted molar refractivity (Wildman–Crippen MR) is 125 cm³/mol. The van der Waals surface area contributed by atoms with E-state index in [2.05, 4.69) is 22.0 Å². The van der Waals surface area contributed by atoms with Gasteiger partial charge in [0.2, 0.25) is 0 Å². The Morgan fingerprint density at radius 2 is 1.76 bits per heavy atom. The van der Waals surface area contributed by atoms with E-state index < -0.39 is 12.2 Å². The number of likely N-dealkylation sites (N-methyl/N-ethyl adjacent to an activating group) is 1. The van der Waals surface area contributed by atoms with Crippen LogP contribution in [0.2, 0.25) is 0 Å². The maximum Gasteiger partial charge on any atom is 0.328 e. The lowest BCUT2D eigenvalue weighted by Crippen LogP contribution is -2.66. The van der Waals surface area contributed by atoms with Gasteiger partial charge in [-0.15, -0.1) is 0 Å². The molecule has 4 atom stereocenters. The third-order valence-electron chi connectivity index (χ3n) is 6.82. The average molecular weight is 468 g/mol. The molecule has 0 bridgehead atoms. The zero-order chi connectivity index (χ0) is 24.0. The van der Waals surface area contributed by atoms with Crippen molar-refractivity contribution >= 4 is 17.6 Å². The number of imide groups is 1. The number of benzene rings is 2. The molecule has 1 N–H and O–H groups in total. The van der Waals surface area contributed by atoms with E-state index in [1.807, 2.05) is 31.2 Å². The summed E-state index contributed by atoms with van der Waals surface area (Å²) in [6.07, 6.45) is -0.640. The van der Waals surface area contributed by atoms with Crippen molar-refractivity contribution in [3.63, 3.8) is 0 Å². The highest BCUT2D eigenvalue weighted by Gasteiger charge is 2.56. The van der Waals surface area contributed by atoms with Crippen molar-refractivity contribution in [2.24, 2.45) is 5.92 Å². The highest BCUT2D eigenvalue weighted by Crippen LogP contribution is 2.35. The Morgan fingerprint density at radius 1 is 1.06 bits per heavy atom. The van der Waals surface area contributed by atoms with Gasteiger partial charge in [-0.3, -0.25) is 19.9 Å². The number of carbonyl (C=O) groups is 2. The second-order valence-corrected chi connectivity index (χ2v) is 9.26. The molecule has 3 saturated heterocycles. The fraction of sp³-hybridized carbons (Fsp3) is 0.440. The molecule has 0 radical (unpaired) electrons. The average Bonchev–Trinajstić information content (AvgIpc) is 3.21. The smallest absolute Gasteiger partial charge is 0.328 e. The van der Waals surface area contributed by atoms with Crippen LogP contribution in [0.1, 0.15) is 19.4 Å². The Labute approximate surface area is 198 Å². The normalized spacial score (nSPS) is 27.1. The fourth-order valence-electron chi connectivity index (χ4n) is 5.24. The molecule has 3 aliphatic rings. The number of carbonyl (C=O) groups excluding carboxylic acids is 2. The van der Waals surface area contributed by atoms with Gasteiger partial charge >= 0.3 is 6.03 Å². The van der Waals surface area contributed by atoms with Crippen LogP contribution in [-0.2, 0) is 11.3 Å². The molecule has 3 amide bonds. The molecule has 180 valence electrons. The molecular formula is C25H30FN5O3. The number of hydrogen-bond donors (Lipinski definition) is 1. The van der Waals surface area contributed by atoms with E-state index in [0.29, 0.717) is 18.1 Å². The monoisotopic (exact) mass is 467 g/mol. The summed E-state index contributed by atoms with van der Waals surface area (Å²) in [5, 5.41) is 3.53. The Morgan fingerprint density at radius 3 is 2.44 bits per heavy atom. The van der Waals surface area contributed by atoms with E-state index in [1.54, 1.807) is 24.1 Å². The molecule has 4 unspecified atom stereocenters. The zero-order valence-corrected chi connectivity index (χ0v) is 19.6. The van der Waals surface area contributed by atoms with Crippen LogP contribution in [0.4, 0.5) is 14.9 Å². The molecule has 2 aromatic rings. The Kier molecular flexibility index (Phi) is 5.91. The number of ether oxygens (including phenoxy) is 1. The van der Waals surface area contributed by atoms with Gasteiger partial charge in [0, 0.05) is 25.8 Å². The summed E-state index contributed by atoms with van der Waals surface area (Å²) in [5.41, 5.74) is 1.74. The first kappa shape index (κ1) is 22.6.